The first kappa shape index (κ1) is 12.3. The van der Waals surface area contributed by atoms with Crippen molar-refractivity contribution in [1.29, 1.82) is 0 Å². The van der Waals surface area contributed by atoms with Gasteiger partial charge in [-0.2, -0.15) is 0 Å². The molecule has 1 aromatic heterocycles. The van der Waals surface area contributed by atoms with Crippen molar-refractivity contribution in [3.05, 3.63) is 54.1 Å². The molecule has 100 valence electrons. The Bertz CT molecular complexity index is 707. The Balaban J connectivity index is 1.79. The van der Waals surface area contributed by atoms with Crippen molar-refractivity contribution >= 4 is 16.7 Å². The van der Waals surface area contributed by atoms with Crippen LogP contribution < -0.4 is 10.1 Å². The summed E-state index contributed by atoms with van der Waals surface area (Å²) in [5.74, 6) is 1.59. The Hall–Kier alpha value is -2.69. The van der Waals surface area contributed by atoms with Crippen LogP contribution in [-0.4, -0.2) is 22.5 Å². The fourth-order valence-electron chi connectivity index (χ4n) is 1.99. The molecule has 0 fully saturated rings. The maximum atomic E-state index is 5.14. The van der Waals surface area contributed by atoms with Crippen LogP contribution in [0, 0.1) is 0 Å². The van der Waals surface area contributed by atoms with Crippen LogP contribution in [-0.2, 0) is 6.54 Å². The van der Waals surface area contributed by atoms with Gasteiger partial charge in [-0.25, -0.2) is 0 Å². The highest BCUT2D eigenvalue weighted by Gasteiger charge is 2.03. The summed E-state index contributed by atoms with van der Waals surface area (Å²) in [6.07, 6.45) is 0. The molecule has 5 nitrogen and oxygen atoms in total. The number of hydrogen-bond donors (Lipinski definition) is 1. The van der Waals surface area contributed by atoms with E-state index in [4.69, 9.17) is 4.74 Å². The fourth-order valence-corrected chi connectivity index (χ4v) is 1.99. The quantitative estimate of drug-likeness (QED) is 0.786. The minimum atomic E-state index is 0.673. The maximum absolute atomic E-state index is 5.14. The molecule has 0 amide bonds. The number of methoxy groups -OCH3 is 1. The second-order valence-electron chi connectivity index (χ2n) is 4.36. The standard InChI is InChI=1S/C15H14N4O/c1-20-12-8-6-11(7-9-12)10-16-15-13-4-2-3-5-14(13)17-19-18-15/h2-9H,10H2,1H3,(H,16,17,18). The van der Waals surface area contributed by atoms with Gasteiger partial charge in [0.1, 0.15) is 5.75 Å². The first-order valence-corrected chi connectivity index (χ1v) is 6.32. The van der Waals surface area contributed by atoms with Gasteiger partial charge < -0.3 is 10.1 Å². The van der Waals surface area contributed by atoms with Crippen molar-refractivity contribution in [2.75, 3.05) is 12.4 Å². The van der Waals surface area contributed by atoms with E-state index in [0.717, 1.165) is 28.0 Å². The zero-order valence-electron chi connectivity index (χ0n) is 11.1. The number of anilines is 1. The van der Waals surface area contributed by atoms with E-state index in [-0.39, 0.29) is 0 Å². The lowest BCUT2D eigenvalue weighted by molar-refractivity contribution is 0.414. The van der Waals surface area contributed by atoms with E-state index in [1.807, 2.05) is 48.5 Å². The predicted molar refractivity (Wildman–Crippen MR) is 77.7 cm³/mol. The molecule has 0 aliphatic carbocycles. The van der Waals surface area contributed by atoms with Crippen LogP contribution in [0.5, 0.6) is 5.75 Å². The number of benzene rings is 2. The summed E-state index contributed by atoms with van der Waals surface area (Å²) in [4.78, 5) is 0. The largest absolute Gasteiger partial charge is 0.497 e. The molecule has 0 saturated heterocycles. The van der Waals surface area contributed by atoms with Crippen molar-refractivity contribution in [3.8, 4) is 5.75 Å². The zero-order valence-corrected chi connectivity index (χ0v) is 11.1. The lowest BCUT2D eigenvalue weighted by Gasteiger charge is -2.07. The summed E-state index contributed by atoms with van der Waals surface area (Å²) >= 11 is 0. The van der Waals surface area contributed by atoms with E-state index in [1.165, 1.54) is 0 Å². The van der Waals surface area contributed by atoms with Crippen LogP contribution in [0.1, 0.15) is 5.56 Å². The highest BCUT2D eigenvalue weighted by Crippen LogP contribution is 2.18. The van der Waals surface area contributed by atoms with Crippen molar-refractivity contribution in [3.63, 3.8) is 0 Å². The minimum absolute atomic E-state index is 0.673. The number of nitrogens with zero attached hydrogens (tertiary/aromatic N) is 3. The van der Waals surface area contributed by atoms with Crippen molar-refractivity contribution in [2.45, 2.75) is 6.54 Å². The average Bonchev–Trinajstić information content (AvgIpc) is 2.53. The lowest BCUT2D eigenvalue weighted by atomic mass is 10.2. The number of fused-ring (bicyclic) bond motifs is 1. The highest BCUT2D eigenvalue weighted by molar-refractivity contribution is 5.88. The SMILES string of the molecule is COc1ccc(CNc2nnnc3ccccc23)cc1. The van der Waals surface area contributed by atoms with E-state index < -0.39 is 0 Å². The van der Waals surface area contributed by atoms with Gasteiger partial charge in [-0.3, -0.25) is 0 Å². The summed E-state index contributed by atoms with van der Waals surface area (Å²) < 4.78 is 5.14. The molecule has 0 aliphatic rings. The Morgan fingerprint density at radius 3 is 2.60 bits per heavy atom. The third-order valence-electron chi connectivity index (χ3n) is 3.08. The second-order valence-corrected chi connectivity index (χ2v) is 4.36. The summed E-state index contributed by atoms with van der Waals surface area (Å²) in [5.41, 5.74) is 1.98. The van der Waals surface area contributed by atoms with E-state index in [0.29, 0.717) is 6.54 Å². The van der Waals surface area contributed by atoms with Crippen LogP contribution in [0.2, 0.25) is 0 Å². The Morgan fingerprint density at radius 2 is 1.80 bits per heavy atom. The van der Waals surface area contributed by atoms with Crippen LogP contribution in [0.25, 0.3) is 10.9 Å². The third-order valence-corrected chi connectivity index (χ3v) is 3.08. The van der Waals surface area contributed by atoms with Crippen molar-refractivity contribution in [2.24, 2.45) is 0 Å². The van der Waals surface area contributed by atoms with Gasteiger partial charge in [0.25, 0.3) is 0 Å². The smallest absolute Gasteiger partial charge is 0.160 e. The number of nitrogens with one attached hydrogen (secondary N) is 1. The Labute approximate surface area is 116 Å². The number of aromatic nitrogens is 3. The van der Waals surface area contributed by atoms with Crippen LogP contribution >= 0.6 is 0 Å². The monoisotopic (exact) mass is 266 g/mol. The first-order chi connectivity index (χ1) is 9.86. The van der Waals surface area contributed by atoms with Gasteiger partial charge in [0.05, 0.1) is 12.6 Å². The molecule has 0 bridgehead atoms. The van der Waals surface area contributed by atoms with Crippen LogP contribution in [0.3, 0.4) is 0 Å². The Morgan fingerprint density at radius 1 is 1.00 bits per heavy atom. The van der Waals surface area contributed by atoms with E-state index >= 15 is 0 Å². The molecular formula is C15H14N4O. The average molecular weight is 266 g/mol. The van der Waals surface area contributed by atoms with Gasteiger partial charge >= 0.3 is 0 Å². The molecule has 0 radical (unpaired) electrons. The van der Waals surface area contributed by atoms with Gasteiger partial charge in [0.2, 0.25) is 0 Å². The number of rotatable bonds is 4. The van der Waals surface area contributed by atoms with Gasteiger partial charge in [0.15, 0.2) is 5.82 Å². The molecule has 3 rings (SSSR count). The molecule has 0 saturated carbocycles. The topological polar surface area (TPSA) is 59.9 Å². The van der Waals surface area contributed by atoms with E-state index in [9.17, 15) is 0 Å². The predicted octanol–water partition coefficient (Wildman–Crippen LogP) is 2.65. The molecule has 0 unspecified atom stereocenters. The molecule has 5 heteroatoms. The van der Waals surface area contributed by atoms with Crippen LogP contribution in [0.4, 0.5) is 5.82 Å². The highest BCUT2D eigenvalue weighted by atomic mass is 16.5. The molecule has 20 heavy (non-hydrogen) atoms. The molecule has 0 spiro atoms. The van der Waals surface area contributed by atoms with Gasteiger partial charge in [0, 0.05) is 11.9 Å². The zero-order chi connectivity index (χ0) is 13.8. The number of ether oxygens (including phenoxy) is 1. The van der Waals surface area contributed by atoms with Gasteiger partial charge in [-0.15, -0.1) is 10.2 Å². The van der Waals surface area contributed by atoms with Crippen molar-refractivity contribution < 1.29 is 4.74 Å². The first-order valence-electron chi connectivity index (χ1n) is 6.32. The molecule has 1 heterocycles. The molecule has 0 aliphatic heterocycles. The molecule has 2 aromatic carbocycles. The molecular weight excluding hydrogens is 252 g/mol. The van der Waals surface area contributed by atoms with Gasteiger partial charge in [-0.05, 0) is 35.0 Å². The lowest BCUT2D eigenvalue weighted by Crippen LogP contribution is -2.04. The Kier molecular flexibility index (Phi) is 3.41. The van der Waals surface area contributed by atoms with E-state index in [1.54, 1.807) is 7.11 Å². The summed E-state index contributed by atoms with van der Waals surface area (Å²) in [6.45, 7) is 0.673. The van der Waals surface area contributed by atoms with Crippen LogP contribution in [0.15, 0.2) is 48.5 Å². The summed E-state index contributed by atoms with van der Waals surface area (Å²) in [7, 11) is 1.66. The normalized spacial score (nSPS) is 10.4. The second kappa shape index (κ2) is 5.52. The fraction of sp³-hybridized carbons (Fsp3) is 0.133. The summed E-state index contributed by atoms with van der Waals surface area (Å²) in [5, 5.41) is 16.1. The maximum Gasteiger partial charge on any atom is 0.160 e. The molecule has 3 aromatic rings. The number of hydrogen-bond acceptors (Lipinski definition) is 5. The molecule has 1 N–H and O–H groups in total. The van der Waals surface area contributed by atoms with E-state index in [2.05, 4.69) is 20.7 Å². The van der Waals surface area contributed by atoms with Gasteiger partial charge in [-0.1, -0.05) is 24.3 Å². The van der Waals surface area contributed by atoms with Crippen molar-refractivity contribution in [1.82, 2.24) is 15.4 Å². The third kappa shape index (κ3) is 2.51. The molecule has 0 atom stereocenters. The minimum Gasteiger partial charge on any atom is -0.497 e. The summed E-state index contributed by atoms with van der Waals surface area (Å²) in [6, 6.07) is 15.7.